The van der Waals surface area contributed by atoms with Gasteiger partial charge in [-0.1, -0.05) is 13.3 Å². The first-order valence-corrected chi connectivity index (χ1v) is 5.20. The maximum Gasteiger partial charge on any atom is 0.151 e. The summed E-state index contributed by atoms with van der Waals surface area (Å²) < 4.78 is 4.95. The third kappa shape index (κ3) is 20.0. The maximum absolute atomic E-state index is 8.69. The molecule has 0 bridgehead atoms. The van der Waals surface area contributed by atoms with Crippen molar-refractivity contribution in [3.05, 3.63) is 0 Å². The summed E-state index contributed by atoms with van der Waals surface area (Å²) in [6.07, 6.45) is -0.397. The standard InChI is InChI=1S/C6H14O3.C4H10O2/c1-5(8)4-9-6(2)3-7;1-2-3-4(5)6/h5-8H,3-4H2,1-2H3;4-6H,2-3H2,1H3. The molecule has 0 aliphatic rings. The number of aliphatic hydroxyl groups excluding tert-OH is 3. The smallest absolute Gasteiger partial charge is 0.151 e. The summed E-state index contributed by atoms with van der Waals surface area (Å²) in [7, 11) is 0. The van der Waals surface area contributed by atoms with Gasteiger partial charge in [0.15, 0.2) is 6.29 Å². The molecule has 0 saturated carbocycles. The van der Waals surface area contributed by atoms with Gasteiger partial charge in [-0.05, 0) is 20.3 Å². The summed E-state index contributed by atoms with van der Waals surface area (Å²) in [5, 5.41) is 33.3. The van der Waals surface area contributed by atoms with E-state index in [0.717, 1.165) is 6.42 Å². The van der Waals surface area contributed by atoms with Gasteiger partial charge >= 0.3 is 0 Å². The second-order valence-corrected chi connectivity index (χ2v) is 3.44. The van der Waals surface area contributed by atoms with Crippen LogP contribution in [-0.2, 0) is 4.74 Å². The fraction of sp³-hybridized carbons (Fsp3) is 1.00. The van der Waals surface area contributed by atoms with Crippen molar-refractivity contribution in [2.24, 2.45) is 0 Å². The normalized spacial score (nSPS) is 14.4. The molecule has 0 aliphatic heterocycles. The van der Waals surface area contributed by atoms with Crippen molar-refractivity contribution in [1.82, 2.24) is 0 Å². The summed E-state index contributed by atoms with van der Waals surface area (Å²) in [5.74, 6) is 0. The highest BCUT2D eigenvalue weighted by Gasteiger charge is 2.00. The first-order chi connectivity index (χ1) is 6.93. The van der Waals surface area contributed by atoms with Crippen molar-refractivity contribution in [3.63, 3.8) is 0 Å². The first-order valence-electron chi connectivity index (χ1n) is 5.20. The molecule has 5 nitrogen and oxygen atoms in total. The number of aliphatic hydroxyl groups is 4. The van der Waals surface area contributed by atoms with E-state index in [0.29, 0.717) is 13.0 Å². The maximum atomic E-state index is 8.69. The van der Waals surface area contributed by atoms with E-state index in [1.165, 1.54) is 0 Å². The van der Waals surface area contributed by atoms with Gasteiger partial charge in [-0.15, -0.1) is 0 Å². The van der Waals surface area contributed by atoms with Gasteiger partial charge in [-0.3, -0.25) is 0 Å². The third-order valence-electron chi connectivity index (χ3n) is 1.43. The largest absolute Gasteiger partial charge is 0.394 e. The van der Waals surface area contributed by atoms with Gasteiger partial charge in [0.05, 0.1) is 25.4 Å². The lowest BCUT2D eigenvalue weighted by molar-refractivity contribution is -0.0453. The lowest BCUT2D eigenvalue weighted by Gasteiger charge is -2.10. The van der Waals surface area contributed by atoms with Crippen molar-refractivity contribution in [2.45, 2.75) is 52.1 Å². The highest BCUT2D eigenvalue weighted by atomic mass is 16.5. The minimum Gasteiger partial charge on any atom is -0.394 e. The van der Waals surface area contributed by atoms with Crippen LogP contribution < -0.4 is 0 Å². The lowest BCUT2D eigenvalue weighted by Crippen LogP contribution is -2.19. The van der Waals surface area contributed by atoms with E-state index in [2.05, 4.69) is 0 Å². The van der Waals surface area contributed by atoms with Gasteiger partial charge < -0.3 is 25.2 Å². The molecule has 0 radical (unpaired) electrons. The number of ether oxygens (including phenoxy) is 1. The van der Waals surface area contributed by atoms with E-state index in [4.69, 9.17) is 25.2 Å². The molecule has 0 amide bonds. The quantitative estimate of drug-likeness (QED) is 0.472. The molecule has 0 spiro atoms. The van der Waals surface area contributed by atoms with E-state index >= 15 is 0 Å². The summed E-state index contributed by atoms with van der Waals surface area (Å²) in [6, 6.07) is 0. The predicted octanol–water partition coefficient (Wildman–Crippen LogP) is -0.138. The van der Waals surface area contributed by atoms with Crippen LogP contribution in [0.5, 0.6) is 0 Å². The lowest BCUT2D eigenvalue weighted by atomic mass is 10.3. The van der Waals surface area contributed by atoms with Crippen LogP contribution in [0.1, 0.15) is 33.6 Å². The van der Waals surface area contributed by atoms with Crippen LogP contribution in [0, 0.1) is 0 Å². The van der Waals surface area contributed by atoms with Gasteiger partial charge in [0.25, 0.3) is 0 Å². The fourth-order valence-corrected chi connectivity index (χ4v) is 0.614. The predicted molar refractivity (Wildman–Crippen MR) is 57.3 cm³/mol. The van der Waals surface area contributed by atoms with Crippen molar-refractivity contribution in [2.75, 3.05) is 13.2 Å². The van der Waals surface area contributed by atoms with Crippen LogP contribution in [-0.4, -0.2) is 52.1 Å². The molecule has 2 unspecified atom stereocenters. The van der Waals surface area contributed by atoms with Crippen LogP contribution in [0.2, 0.25) is 0 Å². The minimum atomic E-state index is -1.10. The molecule has 0 aromatic carbocycles. The molecule has 15 heavy (non-hydrogen) atoms. The molecule has 4 N–H and O–H groups in total. The van der Waals surface area contributed by atoms with Gasteiger partial charge in [0, 0.05) is 0 Å². The molecule has 0 rings (SSSR count). The van der Waals surface area contributed by atoms with E-state index in [-0.39, 0.29) is 12.7 Å². The zero-order valence-corrected chi connectivity index (χ0v) is 9.76. The summed E-state index contributed by atoms with van der Waals surface area (Å²) in [6.45, 7) is 5.60. The highest BCUT2D eigenvalue weighted by Crippen LogP contribution is 1.90. The topological polar surface area (TPSA) is 90.2 Å². The van der Waals surface area contributed by atoms with Crippen molar-refractivity contribution in [3.8, 4) is 0 Å². The molecule has 0 saturated heterocycles. The van der Waals surface area contributed by atoms with E-state index in [1.54, 1.807) is 13.8 Å². The molecular formula is C10H24O5. The Kier molecular flexibility index (Phi) is 13.6. The van der Waals surface area contributed by atoms with Crippen LogP contribution in [0.3, 0.4) is 0 Å². The van der Waals surface area contributed by atoms with Gasteiger partial charge in [-0.2, -0.15) is 0 Å². The number of hydrogen-bond acceptors (Lipinski definition) is 5. The molecule has 94 valence electrons. The van der Waals surface area contributed by atoms with Crippen molar-refractivity contribution < 1.29 is 25.2 Å². The minimum absolute atomic E-state index is 0.00667. The monoisotopic (exact) mass is 224 g/mol. The molecule has 0 aromatic heterocycles. The summed E-state index contributed by atoms with van der Waals surface area (Å²) in [5.41, 5.74) is 0. The second kappa shape index (κ2) is 11.9. The summed E-state index contributed by atoms with van der Waals surface area (Å²) >= 11 is 0. The second-order valence-electron chi connectivity index (χ2n) is 3.44. The van der Waals surface area contributed by atoms with Gasteiger partial charge in [-0.25, -0.2) is 0 Å². The Balaban J connectivity index is 0. The molecular weight excluding hydrogens is 200 g/mol. The van der Waals surface area contributed by atoms with Crippen molar-refractivity contribution >= 4 is 0 Å². The average Bonchev–Trinajstić information content (AvgIpc) is 2.14. The van der Waals surface area contributed by atoms with E-state index in [1.807, 2.05) is 6.92 Å². The Bertz CT molecular complexity index is 116. The zero-order valence-electron chi connectivity index (χ0n) is 9.76. The summed E-state index contributed by atoms with van der Waals surface area (Å²) in [4.78, 5) is 0. The van der Waals surface area contributed by atoms with Crippen LogP contribution in [0.25, 0.3) is 0 Å². The average molecular weight is 224 g/mol. The number of hydrogen-bond donors (Lipinski definition) is 4. The SMILES string of the molecule is CC(O)COC(C)CO.CCCC(O)O. The Morgan fingerprint density at radius 1 is 1.13 bits per heavy atom. The Hall–Kier alpha value is -0.200. The Morgan fingerprint density at radius 3 is 1.87 bits per heavy atom. The molecule has 5 heteroatoms. The Labute approximate surface area is 91.3 Å². The molecule has 2 atom stereocenters. The van der Waals surface area contributed by atoms with Crippen LogP contribution in [0.4, 0.5) is 0 Å². The zero-order chi connectivity index (χ0) is 12.3. The van der Waals surface area contributed by atoms with E-state index < -0.39 is 12.4 Å². The third-order valence-corrected chi connectivity index (χ3v) is 1.43. The van der Waals surface area contributed by atoms with Gasteiger partial charge in [0.2, 0.25) is 0 Å². The molecule has 0 aromatic rings. The van der Waals surface area contributed by atoms with Crippen LogP contribution in [0.15, 0.2) is 0 Å². The van der Waals surface area contributed by atoms with Crippen molar-refractivity contribution in [1.29, 1.82) is 0 Å². The van der Waals surface area contributed by atoms with E-state index in [9.17, 15) is 0 Å². The van der Waals surface area contributed by atoms with Crippen LogP contribution >= 0.6 is 0 Å². The molecule has 0 aliphatic carbocycles. The first kappa shape index (κ1) is 17.2. The number of rotatable bonds is 6. The Morgan fingerprint density at radius 2 is 1.67 bits per heavy atom. The highest BCUT2D eigenvalue weighted by molar-refractivity contribution is 4.47. The van der Waals surface area contributed by atoms with Gasteiger partial charge in [0.1, 0.15) is 0 Å². The molecule has 0 fully saturated rings. The molecule has 0 heterocycles. The fourth-order valence-electron chi connectivity index (χ4n) is 0.614.